The van der Waals surface area contributed by atoms with Crippen molar-refractivity contribution >= 4 is 49.9 Å². The molecule has 0 aromatic carbocycles. The zero-order chi connectivity index (χ0) is 34.1. The number of hydrogen-bond donors (Lipinski definition) is 0. The van der Waals surface area contributed by atoms with Gasteiger partial charge in [0, 0.05) is 42.7 Å². The first-order valence-corrected chi connectivity index (χ1v) is 34.4. The van der Waals surface area contributed by atoms with Gasteiger partial charge in [0.1, 0.15) is 0 Å². The van der Waals surface area contributed by atoms with Gasteiger partial charge in [-0.3, -0.25) is 0 Å². The van der Waals surface area contributed by atoms with E-state index in [4.69, 9.17) is 26.6 Å². The van der Waals surface area contributed by atoms with Gasteiger partial charge >= 0.3 is 0 Å². The SMILES string of the molecule is C.C.C.C.C.C.C.C.C.C.C.C.C.CCC[Si](C)(C)OC.CC[Si](C)(C)OC.CC[Si](C)(C)OC.CO[Si](C)(C)C.CO[Si](C)(C)C.CO[Si](C)(C)C. The van der Waals surface area contributed by atoms with Crippen LogP contribution in [-0.4, -0.2) is 92.6 Å². The van der Waals surface area contributed by atoms with E-state index in [1.54, 1.807) is 35.5 Å². The molecular formula is C41H132O6Si6. The van der Waals surface area contributed by atoms with Crippen molar-refractivity contribution in [3.8, 4) is 0 Å². The summed E-state index contributed by atoms with van der Waals surface area (Å²) in [6, 6.07) is 3.70. The molecule has 0 atom stereocenters. The minimum atomic E-state index is -1.18. The lowest BCUT2D eigenvalue weighted by Crippen LogP contribution is -2.27. The van der Waals surface area contributed by atoms with Gasteiger partial charge in [-0.2, -0.15) is 0 Å². The molecule has 0 bridgehead atoms. The van der Waals surface area contributed by atoms with Gasteiger partial charge in [0.15, 0.2) is 49.9 Å². The Labute approximate surface area is 357 Å². The summed E-state index contributed by atoms with van der Waals surface area (Å²) in [5.41, 5.74) is 0. The van der Waals surface area contributed by atoms with Crippen LogP contribution in [0.3, 0.4) is 0 Å². The Hall–Kier alpha value is 1.06. The third-order valence-corrected chi connectivity index (χ3v) is 18.1. The molecular weight excluding hydrogens is 757 g/mol. The Bertz CT molecular complexity index is 459. The van der Waals surface area contributed by atoms with Gasteiger partial charge in [0.2, 0.25) is 0 Å². The second kappa shape index (κ2) is 64.9. The highest BCUT2D eigenvalue weighted by molar-refractivity contribution is 6.72. The molecule has 0 aromatic heterocycles. The monoisotopic (exact) mass is 889 g/mol. The summed E-state index contributed by atoms with van der Waals surface area (Å²) in [5.74, 6) is 0. The lowest BCUT2D eigenvalue weighted by atomic mass is 10.6. The first-order valence-electron chi connectivity index (χ1n) is 14.9. The topological polar surface area (TPSA) is 55.4 Å². The van der Waals surface area contributed by atoms with Crippen molar-refractivity contribution in [2.75, 3.05) is 42.7 Å². The molecule has 6 nitrogen and oxygen atoms in total. The van der Waals surface area contributed by atoms with Crippen molar-refractivity contribution in [3.05, 3.63) is 0 Å². The summed E-state index contributed by atoms with van der Waals surface area (Å²) < 4.78 is 31.0. The Morgan fingerprint density at radius 2 is 0.396 bits per heavy atom. The lowest BCUT2D eigenvalue weighted by Gasteiger charge is -2.17. The predicted octanol–water partition coefficient (Wildman–Crippen LogP) is 18.6. The van der Waals surface area contributed by atoms with Crippen LogP contribution in [0.5, 0.6) is 0 Å². The maximum absolute atomic E-state index is 5.32. The molecule has 0 heterocycles. The molecule has 0 aliphatic rings. The first-order chi connectivity index (χ1) is 17.5. The van der Waals surface area contributed by atoms with Crippen LogP contribution in [-0.2, 0) is 26.6 Å². The summed E-state index contributed by atoms with van der Waals surface area (Å²) >= 11 is 0. The van der Waals surface area contributed by atoms with E-state index in [-0.39, 0.29) is 96.5 Å². The number of hydrogen-bond acceptors (Lipinski definition) is 6. The van der Waals surface area contributed by atoms with E-state index in [9.17, 15) is 0 Å². The quantitative estimate of drug-likeness (QED) is 0.204. The molecule has 0 radical (unpaired) electrons. The zero-order valence-electron chi connectivity index (χ0n) is 32.3. The molecule has 0 amide bonds. The van der Waals surface area contributed by atoms with Crippen molar-refractivity contribution in [2.24, 2.45) is 0 Å². The van der Waals surface area contributed by atoms with E-state index in [2.05, 4.69) is 119 Å². The first kappa shape index (κ1) is 124. The predicted molar refractivity (Wildman–Crippen MR) is 288 cm³/mol. The van der Waals surface area contributed by atoms with Gasteiger partial charge in [0.05, 0.1) is 0 Å². The van der Waals surface area contributed by atoms with Crippen molar-refractivity contribution in [3.63, 3.8) is 0 Å². The maximum atomic E-state index is 5.32. The van der Waals surface area contributed by atoms with Crippen LogP contribution < -0.4 is 0 Å². The van der Waals surface area contributed by atoms with Gasteiger partial charge in [0.25, 0.3) is 0 Å². The van der Waals surface area contributed by atoms with E-state index in [1.807, 2.05) is 7.11 Å². The lowest BCUT2D eigenvalue weighted by molar-refractivity contribution is 0.402. The summed E-state index contributed by atoms with van der Waals surface area (Å²) in [6.07, 6.45) is 1.26. The number of rotatable bonds is 10. The highest BCUT2D eigenvalue weighted by Crippen LogP contribution is 2.11. The van der Waals surface area contributed by atoms with Crippen molar-refractivity contribution in [2.45, 2.75) is 240 Å². The van der Waals surface area contributed by atoms with Crippen LogP contribution in [0.1, 0.15) is 124 Å². The summed E-state index contributed by atoms with van der Waals surface area (Å²) in [7, 11) is 3.86. The molecule has 53 heavy (non-hydrogen) atoms. The van der Waals surface area contributed by atoms with Gasteiger partial charge in [-0.05, 0) is 116 Å². The van der Waals surface area contributed by atoms with Crippen LogP contribution in [0.4, 0.5) is 0 Å². The molecule has 356 valence electrons. The Balaban J connectivity index is -0.0000000147. The molecule has 0 unspecified atom stereocenters. The third kappa shape index (κ3) is 164. The fourth-order valence-corrected chi connectivity index (χ4v) is 2.98. The van der Waals surface area contributed by atoms with E-state index in [1.165, 1.54) is 24.6 Å². The largest absolute Gasteiger partial charge is 0.421 e. The minimum Gasteiger partial charge on any atom is -0.421 e. The zero-order valence-corrected chi connectivity index (χ0v) is 38.3. The summed E-state index contributed by atoms with van der Waals surface area (Å²) in [4.78, 5) is 0. The molecule has 0 aliphatic carbocycles. The minimum absolute atomic E-state index is 0. The molecule has 0 N–H and O–H groups in total. The van der Waals surface area contributed by atoms with Crippen LogP contribution >= 0.6 is 0 Å². The fourth-order valence-electron chi connectivity index (χ4n) is 0.993. The molecule has 12 heteroatoms. The van der Waals surface area contributed by atoms with Gasteiger partial charge in [-0.25, -0.2) is 0 Å². The smallest absolute Gasteiger partial charge is 0.186 e. The Kier molecular flexibility index (Phi) is 152. The van der Waals surface area contributed by atoms with Crippen molar-refractivity contribution in [1.29, 1.82) is 0 Å². The van der Waals surface area contributed by atoms with Gasteiger partial charge in [-0.15, -0.1) is 0 Å². The van der Waals surface area contributed by atoms with Crippen molar-refractivity contribution in [1.82, 2.24) is 0 Å². The van der Waals surface area contributed by atoms with E-state index >= 15 is 0 Å². The Morgan fingerprint density at radius 3 is 0.415 bits per heavy atom. The standard InChI is InChI=1S/C6H16OSi.2C5H14OSi.3C4H12OSi.13CH4/c1-5-6-8(3,4)7-2;2*1-5-7(3,4)6-2;3*1-5-6(2,3)4;;;;;;;;;;;;;/h5-6H2,1-4H3;2*5H2,1-4H3;3*1-4H3;13*1H4. The van der Waals surface area contributed by atoms with E-state index in [0.717, 1.165) is 0 Å². The molecule has 0 spiro atoms. The van der Waals surface area contributed by atoms with Gasteiger partial charge in [-0.1, -0.05) is 124 Å². The fraction of sp³-hybridized carbons (Fsp3) is 1.00. The summed E-state index contributed by atoms with van der Waals surface area (Å²) in [6.45, 7) is 39.3. The molecule has 0 rings (SSSR count). The van der Waals surface area contributed by atoms with Gasteiger partial charge < -0.3 is 26.6 Å². The normalized spacial score (nSPS) is 9.06. The van der Waals surface area contributed by atoms with Crippen LogP contribution in [0.15, 0.2) is 0 Å². The molecule has 0 saturated heterocycles. The highest BCUT2D eigenvalue weighted by atomic mass is 28.4. The average molecular weight is 890 g/mol. The molecule has 0 fully saturated rings. The Morgan fingerprint density at radius 1 is 0.264 bits per heavy atom. The average Bonchev–Trinajstić information content (AvgIpc) is 2.84. The second-order valence-corrected chi connectivity index (χ2v) is 41.9. The van der Waals surface area contributed by atoms with Crippen molar-refractivity contribution < 1.29 is 26.6 Å². The maximum Gasteiger partial charge on any atom is 0.186 e. The molecule has 0 aliphatic heterocycles. The van der Waals surface area contributed by atoms with Crippen LogP contribution in [0.25, 0.3) is 0 Å². The summed E-state index contributed by atoms with van der Waals surface area (Å²) in [5, 5.41) is 0. The highest BCUT2D eigenvalue weighted by Gasteiger charge is 2.18. The van der Waals surface area contributed by atoms with Crippen LogP contribution in [0.2, 0.25) is 116 Å². The van der Waals surface area contributed by atoms with E-state index in [0.29, 0.717) is 0 Å². The van der Waals surface area contributed by atoms with Crippen LogP contribution in [0, 0.1) is 0 Å². The molecule has 0 saturated carbocycles. The second-order valence-electron chi connectivity index (χ2n) is 14.3. The van der Waals surface area contributed by atoms with E-state index < -0.39 is 49.9 Å². The third-order valence-electron chi connectivity index (χ3n) is 6.05. The molecule has 0 aromatic rings.